The van der Waals surface area contributed by atoms with Gasteiger partial charge in [0.25, 0.3) is 0 Å². The number of nitrogens with one attached hydrogen (secondary N) is 1. The molecule has 0 amide bonds. The Kier molecular flexibility index (Phi) is 4.26. The van der Waals surface area contributed by atoms with Gasteiger partial charge >= 0.3 is 5.97 Å². The Morgan fingerprint density at radius 1 is 1.21 bits per heavy atom. The number of aliphatic hydroxyl groups excluding tert-OH is 1. The number of ether oxygens (including phenoxy) is 4. The monoisotopic (exact) mass is 459 g/mol. The fraction of sp³-hybridized carbons (Fsp3) is 0.667. The largest absolute Gasteiger partial charge is 0.508 e. The molecule has 3 unspecified atom stereocenters. The van der Waals surface area contributed by atoms with Crippen LogP contribution in [-0.4, -0.2) is 70.7 Å². The second-order valence-corrected chi connectivity index (χ2v) is 10.2. The number of phenolic OH excluding ortho intramolecular Hbond substituents is 1. The van der Waals surface area contributed by atoms with Gasteiger partial charge in [-0.1, -0.05) is 6.07 Å². The smallest absolute Gasteiger partial charge is 0.309 e. The van der Waals surface area contributed by atoms with Gasteiger partial charge in [0.1, 0.15) is 18.0 Å². The lowest BCUT2D eigenvalue weighted by atomic mass is 9.64. The molecule has 4 aliphatic heterocycles. The Morgan fingerprint density at radius 2 is 1.97 bits per heavy atom. The molecule has 3 N–H and O–H groups in total. The molecule has 9 nitrogen and oxygen atoms in total. The third-order valence-corrected chi connectivity index (χ3v) is 8.57. The zero-order chi connectivity index (χ0) is 23.5. The first-order chi connectivity index (χ1) is 15.6. The minimum atomic E-state index is -1.54. The minimum absolute atomic E-state index is 0.0308. The highest BCUT2D eigenvalue weighted by molar-refractivity contribution is 6.11. The molecule has 0 saturated carbocycles. The van der Waals surface area contributed by atoms with E-state index in [0.717, 1.165) is 6.42 Å². The highest BCUT2D eigenvalue weighted by Crippen LogP contribution is 2.70. The Hall–Kier alpha value is -2.04. The number of epoxide rings is 1. The van der Waals surface area contributed by atoms with Crippen LogP contribution in [0, 0.1) is 0 Å². The van der Waals surface area contributed by atoms with Crippen LogP contribution in [0.5, 0.6) is 5.75 Å². The van der Waals surface area contributed by atoms with E-state index in [2.05, 4.69) is 5.32 Å². The van der Waals surface area contributed by atoms with Gasteiger partial charge in [0.2, 0.25) is 11.4 Å². The Labute approximate surface area is 191 Å². The van der Waals surface area contributed by atoms with Crippen LogP contribution in [0.2, 0.25) is 0 Å². The summed E-state index contributed by atoms with van der Waals surface area (Å²) < 4.78 is 24.0. The van der Waals surface area contributed by atoms with Gasteiger partial charge in [-0.15, -0.1) is 0 Å². The molecule has 178 valence electrons. The number of hydrogen-bond acceptors (Lipinski definition) is 9. The number of hydrogen-bond donors (Lipinski definition) is 3. The van der Waals surface area contributed by atoms with Gasteiger partial charge in [-0.25, -0.2) is 0 Å². The van der Waals surface area contributed by atoms with Gasteiger partial charge < -0.3 is 34.5 Å². The van der Waals surface area contributed by atoms with Crippen LogP contribution in [0.3, 0.4) is 0 Å². The number of rotatable bonds is 2. The van der Waals surface area contributed by atoms with Crippen LogP contribution in [0.4, 0.5) is 0 Å². The summed E-state index contributed by atoms with van der Waals surface area (Å²) in [5.41, 5.74) is -2.85. The van der Waals surface area contributed by atoms with Crippen molar-refractivity contribution in [3.05, 3.63) is 28.8 Å². The molecule has 5 aliphatic rings. The third-order valence-electron chi connectivity index (χ3n) is 8.57. The summed E-state index contributed by atoms with van der Waals surface area (Å²) in [5.74, 6) is -1.05. The molecule has 33 heavy (non-hydrogen) atoms. The summed E-state index contributed by atoms with van der Waals surface area (Å²) in [4.78, 5) is 26.3. The van der Waals surface area contributed by atoms with Crippen molar-refractivity contribution in [2.24, 2.45) is 0 Å². The fourth-order valence-corrected chi connectivity index (χ4v) is 6.87. The van der Waals surface area contributed by atoms with Gasteiger partial charge in [-0.3, -0.25) is 9.59 Å². The van der Waals surface area contributed by atoms with Crippen molar-refractivity contribution in [2.45, 2.75) is 93.4 Å². The number of aliphatic hydroxyl groups is 1. The number of carbonyl (C=O) groups is 2. The van der Waals surface area contributed by atoms with Crippen LogP contribution in [0.15, 0.2) is 12.1 Å². The van der Waals surface area contributed by atoms with Gasteiger partial charge in [0, 0.05) is 17.2 Å². The van der Waals surface area contributed by atoms with E-state index in [-0.39, 0.29) is 35.4 Å². The summed E-state index contributed by atoms with van der Waals surface area (Å²) in [6.45, 7) is 5.63. The molecule has 0 spiro atoms. The van der Waals surface area contributed by atoms with Crippen molar-refractivity contribution < 1.29 is 38.7 Å². The maximum atomic E-state index is 14.2. The summed E-state index contributed by atoms with van der Waals surface area (Å²) in [7, 11) is 1.89. The van der Waals surface area contributed by atoms with Crippen LogP contribution < -0.4 is 5.32 Å². The maximum absolute atomic E-state index is 14.2. The lowest BCUT2D eigenvalue weighted by molar-refractivity contribution is -0.149. The first-order valence-corrected chi connectivity index (χ1v) is 11.6. The maximum Gasteiger partial charge on any atom is 0.309 e. The van der Waals surface area contributed by atoms with E-state index in [1.54, 1.807) is 13.0 Å². The first-order valence-electron chi connectivity index (χ1n) is 11.6. The summed E-state index contributed by atoms with van der Waals surface area (Å²) in [6, 6.07) is 3.37. The van der Waals surface area contributed by atoms with Crippen molar-refractivity contribution in [1.82, 2.24) is 5.32 Å². The van der Waals surface area contributed by atoms with E-state index in [9.17, 15) is 19.8 Å². The van der Waals surface area contributed by atoms with E-state index in [1.807, 2.05) is 20.9 Å². The van der Waals surface area contributed by atoms with E-state index < -0.39 is 53.0 Å². The lowest BCUT2D eigenvalue weighted by Crippen LogP contribution is -2.62. The van der Waals surface area contributed by atoms with Crippen LogP contribution >= 0.6 is 0 Å². The molecule has 4 fully saturated rings. The molecule has 4 heterocycles. The number of Topliss-reactive ketones (excluding diaryl/α,β-unsaturated/α-hetero) is 1. The number of fused-ring (bicyclic) bond motifs is 2. The zero-order valence-electron chi connectivity index (χ0n) is 19.1. The number of esters is 1. The highest BCUT2D eigenvalue weighted by atomic mass is 16.7. The molecule has 0 aromatic heterocycles. The number of ketones is 1. The quantitative estimate of drug-likeness (QED) is 0.442. The number of phenols is 1. The molecule has 9 heteroatoms. The number of likely N-dealkylation sites (N-methyl/N-ethyl adjacent to an activating group) is 1. The van der Waals surface area contributed by atoms with E-state index in [4.69, 9.17) is 18.9 Å². The van der Waals surface area contributed by atoms with Crippen LogP contribution in [0.25, 0.3) is 0 Å². The fourth-order valence-electron chi connectivity index (χ4n) is 6.87. The molecule has 4 saturated heterocycles. The average molecular weight is 459 g/mol. The average Bonchev–Trinajstić information content (AvgIpc) is 3.38. The van der Waals surface area contributed by atoms with Crippen molar-refractivity contribution in [1.29, 1.82) is 0 Å². The summed E-state index contributed by atoms with van der Waals surface area (Å²) in [6.07, 6.45) is -2.19. The second kappa shape index (κ2) is 6.55. The molecular weight excluding hydrogens is 430 g/mol. The second-order valence-electron chi connectivity index (χ2n) is 10.2. The molecule has 9 atom stereocenters. The zero-order valence-corrected chi connectivity index (χ0v) is 19.1. The first kappa shape index (κ1) is 21.5. The Morgan fingerprint density at radius 3 is 2.67 bits per heavy atom. The predicted octanol–water partition coefficient (Wildman–Crippen LogP) is 1.23. The molecule has 1 aromatic rings. The van der Waals surface area contributed by atoms with E-state index in [0.29, 0.717) is 12.0 Å². The Balaban J connectivity index is 1.52. The molecular formula is C24H29NO8. The predicted molar refractivity (Wildman–Crippen MR) is 113 cm³/mol. The minimum Gasteiger partial charge on any atom is -0.508 e. The topological polar surface area (TPSA) is 127 Å². The molecule has 1 aliphatic carbocycles. The third kappa shape index (κ3) is 2.39. The van der Waals surface area contributed by atoms with Gasteiger partial charge in [0.15, 0.2) is 11.7 Å². The summed E-state index contributed by atoms with van der Waals surface area (Å²) in [5, 5.41) is 25.6. The standard InChI is InChI=1S/C24H29NO8/c1-10-13(25-4)7-8-22(3,32-10)12-5-6-14(26)18-17(12)19(28)24-21-15(9-16(27)31-21)30-11(2)23(24,33-24)20(18)29/h5-6,10-11,13,15,20-21,25-26,29H,7-9H2,1-4H3/t10-,11-,13+,15?,20+,21+,22-,23?,24?/m1/s1. The van der Waals surface area contributed by atoms with Gasteiger partial charge in [-0.05, 0) is 52.3 Å². The van der Waals surface area contributed by atoms with Crippen LogP contribution in [0.1, 0.15) is 67.6 Å². The molecule has 6 rings (SSSR count). The van der Waals surface area contributed by atoms with Gasteiger partial charge in [-0.2, -0.15) is 0 Å². The molecule has 0 bridgehead atoms. The molecule has 1 aromatic carbocycles. The molecule has 0 radical (unpaired) electrons. The number of carbonyl (C=O) groups excluding carboxylic acids is 2. The number of aromatic hydroxyl groups is 1. The lowest BCUT2D eigenvalue weighted by Gasteiger charge is -2.45. The van der Waals surface area contributed by atoms with Gasteiger partial charge in [0.05, 0.1) is 24.2 Å². The number of benzene rings is 1. The van der Waals surface area contributed by atoms with Crippen LogP contribution in [-0.2, 0) is 29.3 Å². The van der Waals surface area contributed by atoms with E-state index in [1.165, 1.54) is 6.07 Å². The van der Waals surface area contributed by atoms with Crippen molar-refractivity contribution in [3.8, 4) is 5.75 Å². The van der Waals surface area contributed by atoms with Crippen molar-refractivity contribution in [3.63, 3.8) is 0 Å². The Bertz CT molecular complexity index is 1070. The van der Waals surface area contributed by atoms with Crippen molar-refractivity contribution >= 4 is 11.8 Å². The SMILES string of the molecule is CN[C@H]1CC[C@](C)(c2ccc(O)c3c2C(=O)C24OC2([C@@H](C)OC2CC(=O)O[C@@H]24)[C@H]3O)O[C@@H]1C. The van der Waals surface area contributed by atoms with E-state index >= 15 is 0 Å². The summed E-state index contributed by atoms with van der Waals surface area (Å²) >= 11 is 0. The highest BCUT2D eigenvalue weighted by Gasteiger charge is 2.90. The van der Waals surface area contributed by atoms with Crippen molar-refractivity contribution in [2.75, 3.05) is 7.05 Å². The normalized spacial score (nSPS) is 47.8.